The number of aryl methyl sites for hydroxylation is 1. The molecule has 1 aromatic carbocycles. The number of carbonyl (C=O) groups is 2. The number of aromatic amines is 1. The number of piperidine rings is 1. The lowest BCUT2D eigenvalue weighted by molar-refractivity contribution is -0.142. The summed E-state index contributed by atoms with van der Waals surface area (Å²) in [6.07, 6.45) is 2.01. The Morgan fingerprint density at radius 1 is 1.29 bits per heavy atom. The first-order valence-electron chi connectivity index (χ1n) is 11.3. The minimum atomic E-state index is -0.141. The van der Waals surface area contributed by atoms with Crippen molar-refractivity contribution in [2.45, 2.75) is 32.7 Å². The molecule has 31 heavy (non-hydrogen) atoms. The first-order valence-corrected chi connectivity index (χ1v) is 11.3. The normalized spacial score (nSPS) is 20.4. The van der Waals surface area contributed by atoms with Gasteiger partial charge in [-0.25, -0.2) is 4.98 Å². The summed E-state index contributed by atoms with van der Waals surface area (Å²) in [5, 5.41) is 0. The zero-order valence-electron chi connectivity index (χ0n) is 18.6. The van der Waals surface area contributed by atoms with Gasteiger partial charge in [0.25, 0.3) is 0 Å². The van der Waals surface area contributed by atoms with Crippen molar-refractivity contribution in [2.75, 3.05) is 53.0 Å². The van der Waals surface area contributed by atoms with Gasteiger partial charge in [-0.05, 0) is 31.4 Å². The van der Waals surface area contributed by atoms with Crippen LogP contribution in [0.2, 0.25) is 0 Å². The molecule has 1 atom stereocenters. The third-order valence-corrected chi connectivity index (χ3v) is 6.38. The first-order chi connectivity index (χ1) is 15.0. The van der Waals surface area contributed by atoms with Crippen LogP contribution >= 0.6 is 0 Å². The van der Waals surface area contributed by atoms with Crippen LogP contribution in [-0.4, -0.2) is 89.5 Å². The molecule has 2 fully saturated rings. The van der Waals surface area contributed by atoms with Gasteiger partial charge in [-0.1, -0.05) is 12.1 Å². The van der Waals surface area contributed by atoms with E-state index in [1.54, 1.807) is 4.90 Å². The predicted octanol–water partition coefficient (Wildman–Crippen LogP) is 1.79. The van der Waals surface area contributed by atoms with E-state index in [1.807, 2.05) is 37.1 Å². The van der Waals surface area contributed by atoms with Gasteiger partial charge < -0.3 is 19.5 Å². The maximum absolute atomic E-state index is 13.1. The van der Waals surface area contributed by atoms with E-state index >= 15 is 0 Å². The highest BCUT2D eigenvalue weighted by molar-refractivity contribution is 5.84. The topological polar surface area (TPSA) is 81.8 Å². The zero-order chi connectivity index (χ0) is 21.8. The average molecular weight is 428 g/mol. The summed E-state index contributed by atoms with van der Waals surface area (Å²) in [6.45, 7) is 8.17. The summed E-state index contributed by atoms with van der Waals surface area (Å²) in [6, 6.07) is 6.04. The molecule has 0 bridgehead atoms. The number of hydrogen-bond donors (Lipinski definition) is 1. The fourth-order valence-corrected chi connectivity index (χ4v) is 4.56. The van der Waals surface area contributed by atoms with Gasteiger partial charge in [-0.3, -0.25) is 14.5 Å². The molecular formula is C23H33N5O3. The van der Waals surface area contributed by atoms with Crippen LogP contribution in [0.25, 0.3) is 11.0 Å². The molecule has 8 nitrogen and oxygen atoms in total. The average Bonchev–Trinajstić information content (AvgIpc) is 3.19. The number of rotatable bonds is 7. The highest BCUT2D eigenvalue weighted by Gasteiger charge is 2.32. The monoisotopic (exact) mass is 427 g/mol. The molecule has 3 heterocycles. The number of nitrogens with one attached hydrogen (secondary N) is 1. The summed E-state index contributed by atoms with van der Waals surface area (Å²) >= 11 is 0. The molecule has 2 aliphatic rings. The van der Waals surface area contributed by atoms with Gasteiger partial charge in [0.05, 0.1) is 36.7 Å². The lowest BCUT2D eigenvalue weighted by Gasteiger charge is -2.34. The number of likely N-dealkylation sites (tertiary alicyclic amines) is 1. The van der Waals surface area contributed by atoms with Gasteiger partial charge in [-0.15, -0.1) is 0 Å². The number of amides is 2. The lowest BCUT2D eigenvalue weighted by Crippen LogP contribution is -2.47. The number of fused-ring (bicyclic) bond motifs is 1. The summed E-state index contributed by atoms with van der Waals surface area (Å²) in [4.78, 5) is 39.4. The van der Waals surface area contributed by atoms with Crippen LogP contribution in [0.3, 0.4) is 0 Å². The Bertz CT molecular complexity index is 921. The molecule has 8 heteroatoms. The second kappa shape index (κ2) is 9.78. The molecule has 1 unspecified atom stereocenters. The second-order valence-corrected chi connectivity index (χ2v) is 8.73. The number of ether oxygens (including phenoxy) is 1. The Kier molecular flexibility index (Phi) is 6.87. The third-order valence-electron chi connectivity index (χ3n) is 6.38. The molecule has 2 saturated heterocycles. The van der Waals surface area contributed by atoms with Crippen LogP contribution in [0, 0.1) is 12.8 Å². The summed E-state index contributed by atoms with van der Waals surface area (Å²) in [7, 11) is 1.82. The number of para-hydroxylation sites is 1. The van der Waals surface area contributed by atoms with E-state index in [-0.39, 0.29) is 17.7 Å². The third kappa shape index (κ3) is 5.25. The molecule has 2 aliphatic heterocycles. The minimum absolute atomic E-state index is 0.0860. The summed E-state index contributed by atoms with van der Waals surface area (Å²) < 4.78 is 5.39. The second-order valence-electron chi connectivity index (χ2n) is 8.73. The Balaban J connectivity index is 1.30. The minimum Gasteiger partial charge on any atom is -0.379 e. The maximum atomic E-state index is 13.1. The highest BCUT2D eigenvalue weighted by atomic mass is 16.5. The number of carbonyl (C=O) groups excluding carboxylic acids is 2. The van der Waals surface area contributed by atoms with Crippen LogP contribution in [0.1, 0.15) is 30.7 Å². The van der Waals surface area contributed by atoms with Crippen molar-refractivity contribution >= 4 is 22.8 Å². The van der Waals surface area contributed by atoms with Gasteiger partial charge in [-0.2, -0.15) is 0 Å². The highest BCUT2D eigenvalue weighted by Crippen LogP contribution is 2.21. The Labute approximate surface area is 183 Å². The van der Waals surface area contributed by atoms with E-state index in [4.69, 9.17) is 4.74 Å². The maximum Gasteiger partial charge on any atom is 0.227 e. The van der Waals surface area contributed by atoms with Crippen molar-refractivity contribution in [3.63, 3.8) is 0 Å². The van der Waals surface area contributed by atoms with Gasteiger partial charge in [0.15, 0.2) is 0 Å². The van der Waals surface area contributed by atoms with Crippen molar-refractivity contribution in [3.05, 3.63) is 29.6 Å². The van der Waals surface area contributed by atoms with Crippen molar-refractivity contribution in [1.82, 2.24) is 24.7 Å². The Morgan fingerprint density at radius 3 is 2.87 bits per heavy atom. The smallest absolute Gasteiger partial charge is 0.227 e. The fraction of sp³-hybridized carbons (Fsp3) is 0.609. The molecule has 1 aromatic heterocycles. The summed E-state index contributed by atoms with van der Waals surface area (Å²) in [5.74, 6) is 0.899. The molecule has 0 saturated carbocycles. The van der Waals surface area contributed by atoms with Crippen LogP contribution in [-0.2, 0) is 20.9 Å². The van der Waals surface area contributed by atoms with Gasteiger partial charge in [0.2, 0.25) is 11.8 Å². The molecule has 0 aliphatic carbocycles. The van der Waals surface area contributed by atoms with Crippen LogP contribution in [0.4, 0.5) is 0 Å². The Morgan fingerprint density at radius 2 is 2.10 bits per heavy atom. The number of nitrogens with zero attached hydrogens (tertiary/aromatic N) is 4. The number of H-pyrrole nitrogens is 1. The standard InChI is InChI=1S/C23H33N5O3/c1-17-5-3-6-19-22(17)25-20(24-19)16-26(2)23(30)18-7-8-21(29)28(15-18)10-4-9-27-11-13-31-14-12-27/h3,5-6,18H,4,7-16H2,1-2H3,(H,24,25). The van der Waals surface area contributed by atoms with Crippen LogP contribution in [0.5, 0.6) is 0 Å². The van der Waals surface area contributed by atoms with Gasteiger partial charge in [0, 0.05) is 46.2 Å². The number of aromatic nitrogens is 2. The largest absolute Gasteiger partial charge is 0.379 e. The lowest BCUT2D eigenvalue weighted by atomic mass is 9.96. The van der Waals surface area contributed by atoms with Gasteiger partial charge >= 0.3 is 0 Å². The quantitative estimate of drug-likeness (QED) is 0.729. The van der Waals surface area contributed by atoms with E-state index in [0.29, 0.717) is 32.5 Å². The number of benzene rings is 1. The summed E-state index contributed by atoms with van der Waals surface area (Å²) in [5.41, 5.74) is 3.06. The number of morpholine rings is 1. The van der Waals surface area contributed by atoms with E-state index in [9.17, 15) is 9.59 Å². The predicted molar refractivity (Wildman–Crippen MR) is 118 cm³/mol. The fourth-order valence-electron chi connectivity index (χ4n) is 4.56. The molecule has 2 aromatic rings. The molecule has 4 rings (SSSR count). The molecule has 168 valence electrons. The molecule has 2 amide bonds. The zero-order valence-corrected chi connectivity index (χ0v) is 18.6. The van der Waals surface area contributed by atoms with Gasteiger partial charge in [0.1, 0.15) is 5.82 Å². The first kappa shape index (κ1) is 21.8. The molecular weight excluding hydrogens is 394 g/mol. The van der Waals surface area contributed by atoms with E-state index in [0.717, 1.165) is 61.7 Å². The SMILES string of the molecule is Cc1cccc2[nH]c(CN(C)C(=O)C3CCC(=O)N(CCCN4CCOCC4)C3)nc12. The van der Waals surface area contributed by atoms with Crippen molar-refractivity contribution in [2.24, 2.45) is 5.92 Å². The molecule has 0 radical (unpaired) electrons. The molecule has 1 N–H and O–H groups in total. The Hall–Kier alpha value is -2.45. The van der Waals surface area contributed by atoms with Crippen LogP contribution < -0.4 is 0 Å². The van der Waals surface area contributed by atoms with E-state index in [1.165, 1.54) is 0 Å². The molecule has 0 spiro atoms. The van der Waals surface area contributed by atoms with E-state index in [2.05, 4.69) is 14.9 Å². The number of hydrogen-bond acceptors (Lipinski definition) is 5. The van der Waals surface area contributed by atoms with Crippen molar-refractivity contribution in [1.29, 1.82) is 0 Å². The number of imidazole rings is 1. The van der Waals surface area contributed by atoms with Crippen LogP contribution in [0.15, 0.2) is 18.2 Å². The van der Waals surface area contributed by atoms with E-state index < -0.39 is 0 Å². The van der Waals surface area contributed by atoms with Crippen molar-refractivity contribution in [3.8, 4) is 0 Å². The van der Waals surface area contributed by atoms with Crippen molar-refractivity contribution < 1.29 is 14.3 Å².